The average molecular weight is 294 g/mol. The highest BCUT2D eigenvalue weighted by Crippen LogP contribution is 2.29. The van der Waals surface area contributed by atoms with Crippen molar-refractivity contribution in [1.29, 1.82) is 0 Å². The van der Waals surface area contributed by atoms with E-state index in [2.05, 4.69) is 44.6 Å². The number of fused-ring (bicyclic) bond motifs is 1. The van der Waals surface area contributed by atoms with Crippen molar-refractivity contribution in [2.45, 2.75) is 6.92 Å². The first-order chi connectivity index (χ1) is 10.7. The van der Waals surface area contributed by atoms with Crippen molar-refractivity contribution in [2.75, 3.05) is 5.43 Å². The summed E-state index contributed by atoms with van der Waals surface area (Å²) < 4.78 is 1.24. The van der Waals surface area contributed by atoms with E-state index < -0.39 is 5.69 Å². The molecule has 7 heteroatoms. The van der Waals surface area contributed by atoms with E-state index in [0.717, 1.165) is 5.56 Å². The minimum atomic E-state index is -0.487. The molecule has 0 aromatic carbocycles. The number of rotatable bonds is 2. The topological polar surface area (TPSA) is 98.7 Å². The van der Waals surface area contributed by atoms with Crippen molar-refractivity contribution >= 4 is 5.95 Å². The Morgan fingerprint density at radius 2 is 1.73 bits per heavy atom. The van der Waals surface area contributed by atoms with Gasteiger partial charge in [0.2, 0.25) is 5.95 Å². The third kappa shape index (κ3) is 2.70. The summed E-state index contributed by atoms with van der Waals surface area (Å²) >= 11 is 0. The van der Waals surface area contributed by atoms with E-state index in [-0.39, 0.29) is 5.95 Å². The van der Waals surface area contributed by atoms with Crippen LogP contribution in [0.4, 0.5) is 5.95 Å². The summed E-state index contributed by atoms with van der Waals surface area (Å²) in [4.78, 5) is 23.1. The second-order valence-corrected chi connectivity index (χ2v) is 4.75. The van der Waals surface area contributed by atoms with Crippen LogP contribution in [0.15, 0.2) is 53.7 Å². The smallest absolute Gasteiger partial charge is 0.292 e. The molecule has 0 radical (unpaired) electrons. The number of hydrazine groups is 1. The summed E-state index contributed by atoms with van der Waals surface area (Å²) in [6.07, 6.45) is 2.99. The first-order valence-electron chi connectivity index (χ1n) is 6.63. The van der Waals surface area contributed by atoms with Crippen LogP contribution < -0.4 is 17.0 Å². The monoisotopic (exact) mass is 294 g/mol. The normalized spacial score (nSPS) is 10.5. The van der Waals surface area contributed by atoms with E-state index in [9.17, 15) is 4.79 Å². The Morgan fingerprint density at radius 3 is 2.14 bits per heavy atom. The first-order valence-corrected chi connectivity index (χ1v) is 6.63. The molecule has 0 fully saturated rings. The van der Waals surface area contributed by atoms with Crippen LogP contribution in [0.1, 0.15) is 5.56 Å². The molecule has 0 saturated heterocycles. The maximum atomic E-state index is 11.6. The van der Waals surface area contributed by atoms with E-state index in [0.29, 0.717) is 5.82 Å². The molecule has 0 unspecified atom stereocenters. The fourth-order valence-electron chi connectivity index (χ4n) is 1.83. The van der Waals surface area contributed by atoms with Gasteiger partial charge in [0, 0.05) is 6.20 Å². The van der Waals surface area contributed by atoms with Gasteiger partial charge in [0.05, 0.1) is 0 Å². The van der Waals surface area contributed by atoms with Crippen molar-refractivity contribution in [1.82, 2.24) is 19.5 Å². The van der Waals surface area contributed by atoms with E-state index in [1.807, 2.05) is 13.0 Å². The quantitative estimate of drug-likeness (QED) is 0.427. The second kappa shape index (κ2) is 5.74. The van der Waals surface area contributed by atoms with Gasteiger partial charge < -0.3 is 0 Å². The minimum absolute atomic E-state index is 0.0772. The fourth-order valence-corrected chi connectivity index (χ4v) is 1.83. The lowest BCUT2D eigenvalue weighted by molar-refractivity contribution is 0.834. The van der Waals surface area contributed by atoms with Crippen LogP contribution in [0.25, 0.3) is 16.9 Å². The Kier molecular flexibility index (Phi) is 3.63. The number of anilines is 1. The van der Waals surface area contributed by atoms with E-state index >= 15 is 0 Å². The van der Waals surface area contributed by atoms with Gasteiger partial charge in [-0.1, -0.05) is 30.3 Å². The van der Waals surface area contributed by atoms with Crippen molar-refractivity contribution in [3.8, 4) is 16.9 Å². The third-order valence-electron chi connectivity index (χ3n) is 3.19. The van der Waals surface area contributed by atoms with Gasteiger partial charge in [-0.3, -0.25) is 5.43 Å². The molecule has 0 atom stereocenters. The standard InChI is InChI=1S/C9H10N6O.C6H4/c1-6-2-3-7(11-4-6)15-5-12-8(14-10)13-9(15)16;1-2-6-4-3-5(1)6/h2-5H,10H2,1H3,(H,13,14,16);1-4H. The number of nitrogens with zero attached hydrogens (tertiary/aromatic N) is 4. The maximum Gasteiger partial charge on any atom is 0.357 e. The molecular weight excluding hydrogens is 280 g/mol. The highest BCUT2D eigenvalue weighted by molar-refractivity contribution is 5.75. The van der Waals surface area contributed by atoms with E-state index in [4.69, 9.17) is 5.84 Å². The number of nitrogen functional groups attached to an aromatic ring is 1. The largest absolute Gasteiger partial charge is 0.357 e. The maximum absolute atomic E-state index is 11.6. The molecule has 110 valence electrons. The molecule has 7 nitrogen and oxygen atoms in total. The Hall–Kier alpha value is -3.06. The van der Waals surface area contributed by atoms with Crippen LogP contribution in [0.5, 0.6) is 0 Å². The molecule has 0 amide bonds. The van der Waals surface area contributed by atoms with Gasteiger partial charge in [-0.15, -0.1) is 0 Å². The van der Waals surface area contributed by atoms with Gasteiger partial charge in [0.1, 0.15) is 12.1 Å². The lowest BCUT2D eigenvalue weighted by Crippen LogP contribution is -2.25. The van der Waals surface area contributed by atoms with Crippen molar-refractivity contribution in [3.05, 3.63) is 65.0 Å². The van der Waals surface area contributed by atoms with Crippen LogP contribution in [-0.4, -0.2) is 19.5 Å². The Bertz CT molecular complexity index is 818. The number of aromatic nitrogens is 4. The molecule has 2 heterocycles. The third-order valence-corrected chi connectivity index (χ3v) is 3.19. The molecule has 2 aliphatic carbocycles. The van der Waals surface area contributed by atoms with E-state index in [1.165, 1.54) is 22.0 Å². The first kappa shape index (κ1) is 13.9. The zero-order valence-corrected chi connectivity index (χ0v) is 11.9. The summed E-state index contributed by atoms with van der Waals surface area (Å²) in [5, 5.41) is 0. The summed E-state index contributed by atoms with van der Waals surface area (Å²) in [6.45, 7) is 1.91. The number of aryl methyl sites for hydroxylation is 1. The molecule has 0 aliphatic heterocycles. The number of nitrogens with two attached hydrogens (primary N) is 1. The molecule has 0 spiro atoms. The lowest BCUT2D eigenvalue weighted by atomic mass is 9.95. The molecule has 0 bridgehead atoms. The number of hydrogen-bond donors (Lipinski definition) is 2. The van der Waals surface area contributed by atoms with Crippen LogP contribution in [0.3, 0.4) is 0 Å². The number of hydrogen-bond acceptors (Lipinski definition) is 6. The highest BCUT2D eigenvalue weighted by Gasteiger charge is 2.04. The van der Waals surface area contributed by atoms with Gasteiger partial charge >= 0.3 is 5.69 Å². The molecule has 0 saturated carbocycles. The predicted octanol–water partition coefficient (Wildman–Crippen LogP) is 1.28. The molecule has 22 heavy (non-hydrogen) atoms. The van der Waals surface area contributed by atoms with Gasteiger partial charge in [-0.25, -0.2) is 25.2 Å². The van der Waals surface area contributed by atoms with Gasteiger partial charge in [0.25, 0.3) is 0 Å². The molecule has 2 aliphatic rings. The predicted molar refractivity (Wildman–Crippen MR) is 83.4 cm³/mol. The van der Waals surface area contributed by atoms with Crippen LogP contribution in [-0.2, 0) is 0 Å². The number of pyridine rings is 1. The molecule has 2 aromatic rings. The summed E-state index contributed by atoms with van der Waals surface area (Å²) in [6, 6.07) is 12.1. The van der Waals surface area contributed by atoms with Crippen LogP contribution in [0.2, 0.25) is 0 Å². The average Bonchev–Trinajstić information content (AvgIpc) is 2.52. The molecule has 4 rings (SSSR count). The van der Waals surface area contributed by atoms with Crippen molar-refractivity contribution < 1.29 is 0 Å². The summed E-state index contributed by atoms with van der Waals surface area (Å²) in [5.41, 5.74) is 5.58. The second-order valence-electron chi connectivity index (χ2n) is 4.75. The van der Waals surface area contributed by atoms with Gasteiger partial charge in [-0.05, 0) is 29.7 Å². The summed E-state index contributed by atoms with van der Waals surface area (Å²) in [5.74, 6) is 5.64. The van der Waals surface area contributed by atoms with Crippen LogP contribution >= 0.6 is 0 Å². The lowest BCUT2D eigenvalue weighted by Gasteiger charge is -2.10. The molecular formula is C15H14N6O. The van der Waals surface area contributed by atoms with Crippen molar-refractivity contribution in [3.63, 3.8) is 0 Å². The molecule has 2 aromatic heterocycles. The van der Waals surface area contributed by atoms with Crippen molar-refractivity contribution in [2.24, 2.45) is 5.84 Å². The molecule has 3 N–H and O–H groups in total. The Morgan fingerprint density at radius 1 is 1.05 bits per heavy atom. The van der Waals surface area contributed by atoms with Gasteiger partial charge in [0.15, 0.2) is 0 Å². The SMILES string of the molecule is Cc1ccc(-n2cnc(NN)nc2=O)nc1.c1cc2ccc1-2. The summed E-state index contributed by atoms with van der Waals surface area (Å²) in [7, 11) is 0. The number of nitrogens with one attached hydrogen (secondary N) is 1. The van der Waals surface area contributed by atoms with Crippen LogP contribution in [0, 0.1) is 6.92 Å². The highest BCUT2D eigenvalue weighted by atomic mass is 16.1. The zero-order valence-electron chi connectivity index (χ0n) is 11.9. The fraction of sp³-hybridized carbons (Fsp3) is 0.0667. The zero-order chi connectivity index (χ0) is 15.5. The minimum Gasteiger partial charge on any atom is -0.292 e. The Balaban J connectivity index is 0.000000196. The number of benzene rings is 1. The van der Waals surface area contributed by atoms with Gasteiger partial charge in [-0.2, -0.15) is 4.98 Å². The Labute approximate surface area is 126 Å². The van der Waals surface area contributed by atoms with E-state index in [1.54, 1.807) is 12.3 Å².